The monoisotopic (exact) mass is 417 g/mol. The second-order valence-electron chi connectivity index (χ2n) is 7.48. The summed E-state index contributed by atoms with van der Waals surface area (Å²) in [5.74, 6) is 0.00901. The third-order valence-corrected chi connectivity index (χ3v) is 6.60. The Labute approximate surface area is 181 Å². The average Bonchev–Trinajstić information content (AvgIpc) is 3.18. The Hall–Kier alpha value is -2.76. The van der Waals surface area contributed by atoms with E-state index < -0.39 is 0 Å². The highest BCUT2D eigenvalue weighted by molar-refractivity contribution is 7.22. The number of amides is 1. The van der Waals surface area contributed by atoms with Gasteiger partial charge in [-0.05, 0) is 54.5 Å². The highest BCUT2D eigenvalue weighted by Crippen LogP contribution is 2.31. The van der Waals surface area contributed by atoms with E-state index in [-0.39, 0.29) is 5.91 Å². The van der Waals surface area contributed by atoms with E-state index in [1.807, 2.05) is 53.4 Å². The minimum absolute atomic E-state index is 0.00901. The topological polar surface area (TPSA) is 36.4 Å². The number of nitrogens with zero attached hydrogens (tertiary/aromatic N) is 3. The highest BCUT2D eigenvalue weighted by atomic mass is 32.1. The lowest BCUT2D eigenvalue weighted by Crippen LogP contribution is -2.39. The molecule has 5 heteroatoms. The Kier molecular flexibility index (Phi) is 6.11. The zero-order chi connectivity index (χ0) is 21.1. The summed E-state index contributed by atoms with van der Waals surface area (Å²) < 4.78 is 1.11. The van der Waals surface area contributed by atoms with Crippen LogP contribution in [0, 0.1) is 6.92 Å². The minimum atomic E-state index is 0.00901. The predicted molar refractivity (Wildman–Crippen MR) is 128 cm³/mol. The number of aryl methyl sites for hydroxylation is 1. The molecule has 0 saturated heterocycles. The number of rotatable bonds is 7. The molecule has 0 aliphatic rings. The molecular weight excluding hydrogens is 390 g/mol. The molecular formula is C25H27N3OS. The Morgan fingerprint density at radius 3 is 2.53 bits per heavy atom. The molecule has 3 aromatic carbocycles. The molecule has 0 unspecified atom stereocenters. The van der Waals surface area contributed by atoms with E-state index >= 15 is 0 Å². The number of carbonyl (C=O) groups is 1. The standard InChI is InChI=1S/C25H27N3OS/c1-4-27(5-2)15-16-28(25-26-22-14-13-18(3)17-23(22)30-25)24(29)21-12-8-10-19-9-6-7-11-20(19)21/h6-14,17H,4-5,15-16H2,1-3H3. The van der Waals surface area contributed by atoms with Crippen LogP contribution in [-0.4, -0.2) is 42.0 Å². The van der Waals surface area contributed by atoms with Crippen molar-refractivity contribution in [1.29, 1.82) is 0 Å². The average molecular weight is 418 g/mol. The molecule has 0 bridgehead atoms. The molecule has 0 radical (unpaired) electrons. The van der Waals surface area contributed by atoms with Crippen LogP contribution in [0.5, 0.6) is 0 Å². The second-order valence-corrected chi connectivity index (χ2v) is 8.49. The van der Waals surface area contributed by atoms with E-state index in [0.717, 1.165) is 51.3 Å². The maximum absolute atomic E-state index is 13.8. The fraction of sp³-hybridized carbons (Fsp3) is 0.280. The molecule has 0 atom stereocenters. The van der Waals surface area contributed by atoms with E-state index in [1.54, 1.807) is 11.3 Å². The number of anilines is 1. The van der Waals surface area contributed by atoms with Gasteiger partial charge in [-0.1, -0.05) is 67.6 Å². The maximum atomic E-state index is 13.8. The molecule has 4 aromatic rings. The van der Waals surface area contributed by atoms with Crippen molar-refractivity contribution < 1.29 is 4.79 Å². The zero-order valence-electron chi connectivity index (χ0n) is 17.8. The van der Waals surface area contributed by atoms with Crippen molar-refractivity contribution in [1.82, 2.24) is 9.88 Å². The van der Waals surface area contributed by atoms with Crippen molar-refractivity contribution in [3.05, 3.63) is 71.8 Å². The van der Waals surface area contributed by atoms with Gasteiger partial charge in [0.05, 0.1) is 10.2 Å². The first-order chi connectivity index (χ1) is 14.6. The molecule has 1 heterocycles. The number of benzene rings is 3. The van der Waals surface area contributed by atoms with E-state index in [2.05, 4.69) is 37.8 Å². The van der Waals surface area contributed by atoms with Crippen LogP contribution in [0.3, 0.4) is 0 Å². The van der Waals surface area contributed by atoms with Gasteiger partial charge in [0, 0.05) is 18.7 Å². The number of carbonyl (C=O) groups excluding carboxylic acids is 1. The number of likely N-dealkylation sites (N-methyl/N-ethyl adjacent to an activating group) is 1. The number of thiazole rings is 1. The zero-order valence-corrected chi connectivity index (χ0v) is 18.6. The molecule has 0 saturated carbocycles. The largest absolute Gasteiger partial charge is 0.302 e. The fourth-order valence-corrected chi connectivity index (χ4v) is 4.85. The fourth-order valence-electron chi connectivity index (χ4n) is 3.76. The summed E-state index contributed by atoms with van der Waals surface area (Å²) in [6, 6.07) is 20.2. The second kappa shape index (κ2) is 8.94. The SMILES string of the molecule is CCN(CC)CCN(C(=O)c1cccc2ccccc12)c1nc2ccc(C)cc2s1. The molecule has 4 nitrogen and oxygen atoms in total. The smallest absolute Gasteiger partial charge is 0.260 e. The minimum Gasteiger partial charge on any atom is -0.302 e. The normalized spacial score (nSPS) is 11.5. The summed E-state index contributed by atoms with van der Waals surface area (Å²) >= 11 is 1.59. The van der Waals surface area contributed by atoms with E-state index in [0.29, 0.717) is 6.54 Å². The van der Waals surface area contributed by atoms with Crippen molar-refractivity contribution in [2.45, 2.75) is 20.8 Å². The van der Waals surface area contributed by atoms with E-state index in [4.69, 9.17) is 4.98 Å². The molecule has 1 aromatic heterocycles. The van der Waals surface area contributed by atoms with Crippen molar-refractivity contribution in [3.63, 3.8) is 0 Å². The predicted octanol–water partition coefficient (Wildman–Crippen LogP) is 5.75. The van der Waals surface area contributed by atoms with Crippen molar-refractivity contribution >= 4 is 43.4 Å². The van der Waals surface area contributed by atoms with Crippen LogP contribution in [0.1, 0.15) is 29.8 Å². The number of hydrogen-bond donors (Lipinski definition) is 0. The molecule has 0 fully saturated rings. The van der Waals surface area contributed by atoms with Gasteiger partial charge in [0.15, 0.2) is 5.13 Å². The van der Waals surface area contributed by atoms with Gasteiger partial charge in [0.1, 0.15) is 0 Å². The Morgan fingerprint density at radius 2 is 1.73 bits per heavy atom. The summed E-state index contributed by atoms with van der Waals surface area (Å²) in [4.78, 5) is 22.8. The van der Waals surface area contributed by atoms with Crippen molar-refractivity contribution in [2.24, 2.45) is 0 Å². The lowest BCUT2D eigenvalue weighted by atomic mass is 10.0. The van der Waals surface area contributed by atoms with Gasteiger partial charge in [0.25, 0.3) is 5.91 Å². The molecule has 4 rings (SSSR count). The molecule has 154 valence electrons. The van der Waals surface area contributed by atoms with Crippen molar-refractivity contribution in [3.8, 4) is 0 Å². The summed E-state index contributed by atoms with van der Waals surface area (Å²) in [5.41, 5.74) is 2.87. The first kappa shape index (κ1) is 20.5. The third-order valence-electron chi connectivity index (χ3n) is 5.56. The first-order valence-corrected chi connectivity index (χ1v) is 11.3. The van der Waals surface area contributed by atoms with Gasteiger partial charge >= 0.3 is 0 Å². The van der Waals surface area contributed by atoms with Crippen LogP contribution in [0.15, 0.2) is 60.7 Å². The van der Waals surface area contributed by atoms with Gasteiger partial charge < -0.3 is 4.90 Å². The summed E-state index contributed by atoms with van der Waals surface area (Å²) in [6.07, 6.45) is 0. The van der Waals surface area contributed by atoms with E-state index in [1.165, 1.54) is 5.56 Å². The van der Waals surface area contributed by atoms with Crippen molar-refractivity contribution in [2.75, 3.05) is 31.1 Å². The van der Waals surface area contributed by atoms with Crippen LogP contribution < -0.4 is 4.90 Å². The molecule has 30 heavy (non-hydrogen) atoms. The van der Waals surface area contributed by atoms with Gasteiger partial charge in [-0.3, -0.25) is 9.69 Å². The van der Waals surface area contributed by atoms with Crippen LogP contribution in [0.25, 0.3) is 21.0 Å². The Balaban J connectivity index is 1.76. The lowest BCUT2D eigenvalue weighted by molar-refractivity contribution is 0.0985. The quantitative estimate of drug-likeness (QED) is 0.384. The molecule has 0 N–H and O–H groups in total. The van der Waals surface area contributed by atoms with Gasteiger partial charge in [-0.15, -0.1) is 0 Å². The molecule has 1 amide bonds. The Morgan fingerprint density at radius 1 is 0.967 bits per heavy atom. The number of aromatic nitrogens is 1. The number of hydrogen-bond acceptors (Lipinski definition) is 4. The van der Waals surface area contributed by atoms with Crippen LogP contribution in [-0.2, 0) is 0 Å². The highest BCUT2D eigenvalue weighted by Gasteiger charge is 2.23. The summed E-state index contributed by atoms with van der Waals surface area (Å²) in [5, 5.41) is 2.82. The lowest BCUT2D eigenvalue weighted by Gasteiger charge is -2.25. The molecule has 0 aliphatic carbocycles. The summed E-state index contributed by atoms with van der Waals surface area (Å²) in [7, 11) is 0. The van der Waals surface area contributed by atoms with Gasteiger partial charge in [0.2, 0.25) is 0 Å². The van der Waals surface area contributed by atoms with Crippen LogP contribution in [0.2, 0.25) is 0 Å². The summed E-state index contributed by atoms with van der Waals surface area (Å²) in [6.45, 7) is 9.75. The van der Waals surface area contributed by atoms with Crippen LogP contribution >= 0.6 is 11.3 Å². The Bertz CT molecular complexity index is 1170. The van der Waals surface area contributed by atoms with E-state index in [9.17, 15) is 4.79 Å². The van der Waals surface area contributed by atoms with Crippen LogP contribution in [0.4, 0.5) is 5.13 Å². The first-order valence-electron chi connectivity index (χ1n) is 10.5. The third kappa shape index (κ3) is 4.09. The molecule has 0 spiro atoms. The van der Waals surface area contributed by atoms with Gasteiger partial charge in [-0.2, -0.15) is 0 Å². The number of fused-ring (bicyclic) bond motifs is 2. The maximum Gasteiger partial charge on any atom is 0.260 e. The molecule has 0 aliphatic heterocycles. The van der Waals surface area contributed by atoms with Gasteiger partial charge in [-0.25, -0.2) is 4.98 Å².